The first kappa shape index (κ1) is 106. The summed E-state index contributed by atoms with van der Waals surface area (Å²) in [6.45, 7) is 2.52. The molecule has 0 heterocycles. The van der Waals surface area contributed by atoms with E-state index in [9.17, 15) is 43.5 Å². The molecule has 5 atom stereocenters. The SMILES string of the molecule is CC/C=C\C/C=C\C/C=C\C/C=C\C/C=C\CCCCCCCCCC(=O)OCC(COP(=O)(O)OCC(O)COP(=O)(O)OCC(O)COC(=O)CCCCCCCCCCCCCCCCCCC/C=C\C/C=C\C/C=C\C/C=C\CCCCC)OC(=O)CCCCCCCC/C=C\C/C=C\C/C=C\CCCCC. The monoisotopic (exact) mass is 1600 g/mol. The summed E-state index contributed by atoms with van der Waals surface area (Å²) in [5.41, 5.74) is 0. The van der Waals surface area contributed by atoms with E-state index in [-0.39, 0.29) is 19.3 Å². The first-order chi connectivity index (χ1) is 54.2. The second-order valence-corrected chi connectivity index (χ2v) is 32.2. The summed E-state index contributed by atoms with van der Waals surface area (Å²) in [6, 6.07) is 0. The van der Waals surface area contributed by atoms with E-state index in [0.717, 1.165) is 173 Å². The van der Waals surface area contributed by atoms with Crippen LogP contribution in [-0.2, 0) is 55.8 Å². The fourth-order valence-electron chi connectivity index (χ4n) is 11.8. The second kappa shape index (κ2) is 84.8. The quantitative estimate of drug-likeness (QED) is 0.0146. The maximum absolute atomic E-state index is 13.0. The summed E-state index contributed by atoms with van der Waals surface area (Å²) in [5.74, 6) is -1.60. The molecule has 638 valence electrons. The van der Waals surface area contributed by atoms with E-state index in [2.05, 4.69) is 167 Å². The summed E-state index contributed by atoms with van der Waals surface area (Å²) >= 11 is 0. The van der Waals surface area contributed by atoms with Gasteiger partial charge < -0.3 is 34.2 Å². The highest BCUT2D eigenvalue weighted by molar-refractivity contribution is 7.47. The average Bonchev–Trinajstić information content (AvgIpc) is 0.902. The van der Waals surface area contributed by atoms with Crippen molar-refractivity contribution in [3.63, 3.8) is 0 Å². The number of rotatable bonds is 83. The summed E-state index contributed by atoms with van der Waals surface area (Å²) in [5, 5.41) is 20.7. The van der Waals surface area contributed by atoms with Crippen LogP contribution in [-0.4, -0.2) is 95.9 Å². The molecule has 0 aromatic rings. The third-order valence-corrected chi connectivity index (χ3v) is 20.4. The Kier molecular flexibility index (Phi) is 81.3. The van der Waals surface area contributed by atoms with Crippen LogP contribution in [0.5, 0.6) is 0 Å². The van der Waals surface area contributed by atoms with Crippen LogP contribution in [0, 0.1) is 0 Å². The van der Waals surface area contributed by atoms with Gasteiger partial charge in [-0.2, -0.15) is 0 Å². The van der Waals surface area contributed by atoms with Gasteiger partial charge in [-0.25, -0.2) is 9.13 Å². The highest BCUT2D eigenvalue weighted by Gasteiger charge is 2.29. The van der Waals surface area contributed by atoms with Crippen LogP contribution >= 0.6 is 15.6 Å². The average molecular weight is 1600 g/mol. The van der Waals surface area contributed by atoms with Gasteiger partial charge in [0.15, 0.2) is 6.10 Å². The lowest BCUT2D eigenvalue weighted by molar-refractivity contribution is -0.161. The molecule has 5 unspecified atom stereocenters. The molecular formula is C93H160O16P2. The van der Waals surface area contributed by atoms with Gasteiger partial charge in [0.1, 0.15) is 25.4 Å². The van der Waals surface area contributed by atoms with Crippen LogP contribution in [0.2, 0.25) is 0 Å². The first-order valence-electron chi connectivity index (χ1n) is 44.1. The lowest BCUT2D eigenvalue weighted by Crippen LogP contribution is -2.30. The molecule has 16 nitrogen and oxygen atoms in total. The molecule has 0 spiro atoms. The van der Waals surface area contributed by atoms with Gasteiger partial charge in [-0.15, -0.1) is 0 Å². The zero-order valence-electron chi connectivity index (χ0n) is 70.1. The van der Waals surface area contributed by atoms with E-state index in [1.165, 1.54) is 135 Å². The Morgan fingerprint density at radius 1 is 0.261 bits per heavy atom. The molecule has 4 N–H and O–H groups in total. The molecular weight excluding hydrogens is 1430 g/mol. The van der Waals surface area contributed by atoms with Crippen LogP contribution < -0.4 is 0 Å². The summed E-state index contributed by atoms with van der Waals surface area (Å²) in [4.78, 5) is 58.9. The number of phosphoric acid groups is 2. The number of aliphatic hydroxyl groups is 2. The number of carbonyl (C=O) groups is 3. The lowest BCUT2D eigenvalue weighted by Gasteiger charge is -2.21. The molecule has 0 radical (unpaired) electrons. The molecule has 0 amide bonds. The van der Waals surface area contributed by atoms with E-state index in [0.29, 0.717) is 19.3 Å². The van der Waals surface area contributed by atoms with E-state index in [1.54, 1.807) is 0 Å². The molecule has 0 rings (SSSR count). The van der Waals surface area contributed by atoms with Gasteiger partial charge in [0.25, 0.3) is 0 Å². The van der Waals surface area contributed by atoms with Crippen LogP contribution in [0.15, 0.2) is 146 Å². The van der Waals surface area contributed by atoms with Crippen molar-refractivity contribution in [1.82, 2.24) is 0 Å². The highest BCUT2D eigenvalue weighted by Crippen LogP contribution is 2.45. The number of hydrogen-bond acceptors (Lipinski definition) is 14. The molecule has 0 aromatic heterocycles. The Labute approximate surface area is 677 Å². The van der Waals surface area contributed by atoms with Crippen molar-refractivity contribution in [2.45, 2.75) is 386 Å². The maximum Gasteiger partial charge on any atom is 0.472 e. The zero-order valence-corrected chi connectivity index (χ0v) is 71.9. The van der Waals surface area contributed by atoms with Gasteiger partial charge >= 0.3 is 33.6 Å². The van der Waals surface area contributed by atoms with Crippen molar-refractivity contribution in [2.24, 2.45) is 0 Å². The Hall–Kier alpha value is -4.57. The first-order valence-corrected chi connectivity index (χ1v) is 47.1. The predicted molar refractivity (Wildman–Crippen MR) is 463 cm³/mol. The minimum Gasteiger partial charge on any atom is -0.463 e. The normalized spacial score (nSPS) is 14.5. The Morgan fingerprint density at radius 3 is 0.757 bits per heavy atom. The predicted octanol–water partition coefficient (Wildman–Crippen LogP) is 26.8. The molecule has 18 heteroatoms. The minimum atomic E-state index is -4.95. The van der Waals surface area contributed by atoms with E-state index in [4.69, 9.17) is 32.3 Å². The molecule has 0 aliphatic rings. The van der Waals surface area contributed by atoms with Crippen molar-refractivity contribution in [1.29, 1.82) is 0 Å². The largest absolute Gasteiger partial charge is 0.472 e. The van der Waals surface area contributed by atoms with E-state index >= 15 is 0 Å². The standard InChI is InChI=1S/C93H160O16P2/c1-4-7-10-13-16-19-22-25-28-31-34-36-38-39-40-41-42-43-44-45-46-47-49-51-53-55-58-61-64-67-70-73-76-79-91(96)103-82-88(94)83-105-110(99,100)106-84-89(95)85-107-111(101,102)108-87-90(109-93(98)81-78-75-72-69-66-63-60-57-52-33-30-27-24-21-18-15-12-9-6-3)86-104-92(97)80-77-74-71-68-65-62-59-56-54-50-48-37-35-32-29-26-23-20-17-14-11-8-5-2/h8,11,16-21,25-30,34-37,39-40,50,52,54,57,88-90,94-95H,4-7,9-10,12-15,22-24,31-33,38,41-49,51,53,55-56,58-87H2,1-3H3,(H,99,100)(H,101,102)/b11-8-,19-16-,20-17-,21-18-,28-25-,29-26-,30-27-,36-34-,37-35-,40-39-,54-50-,57-52-. The molecule has 0 aromatic carbocycles. The third-order valence-electron chi connectivity index (χ3n) is 18.5. The van der Waals surface area contributed by atoms with Gasteiger partial charge in [-0.1, -0.05) is 346 Å². The number of esters is 3. The third kappa shape index (κ3) is 86.1. The Morgan fingerprint density at radius 2 is 0.477 bits per heavy atom. The van der Waals surface area contributed by atoms with Crippen LogP contribution in [0.4, 0.5) is 0 Å². The van der Waals surface area contributed by atoms with Crippen molar-refractivity contribution in [2.75, 3.05) is 39.6 Å². The van der Waals surface area contributed by atoms with Crippen LogP contribution in [0.25, 0.3) is 0 Å². The highest BCUT2D eigenvalue weighted by atomic mass is 31.2. The van der Waals surface area contributed by atoms with Crippen LogP contribution in [0.1, 0.15) is 367 Å². The van der Waals surface area contributed by atoms with Gasteiger partial charge in [0, 0.05) is 19.3 Å². The lowest BCUT2D eigenvalue weighted by atomic mass is 10.0. The van der Waals surface area contributed by atoms with Crippen LogP contribution in [0.3, 0.4) is 0 Å². The summed E-state index contributed by atoms with van der Waals surface area (Å²) < 4.78 is 61.4. The fraction of sp³-hybridized carbons (Fsp3) is 0.710. The van der Waals surface area contributed by atoms with Crippen molar-refractivity contribution >= 4 is 33.6 Å². The second-order valence-electron chi connectivity index (χ2n) is 29.3. The number of carbonyl (C=O) groups excluding carboxylic acids is 3. The Bertz CT molecular complexity index is 2600. The molecule has 0 aliphatic heterocycles. The van der Waals surface area contributed by atoms with E-state index < -0.39 is 91.5 Å². The number of aliphatic hydroxyl groups excluding tert-OH is 2. The zero-order chi connectivity index (χ0) is 80.8. The molecule has 0 fully saturated rings. The summed E-state index contributed by atoms with van der Waals surface area (Å²) in [7, 11) is -9.81. The van der Waals surface area contributed by atoms with Gasteiger partial charge in [-0.05, 0) is 148 Å². The van der Waals surface area contributed by atoms with Crippen molar-refractivity contribution in [3.05, 3.63) is 146 Å². The number of unbranched alkanes of at least 4 members (excludes halogenated alkanes) is 36. The molecule has 0 aliphatic carbocycles. The van der Waals surface area contributed by atoms with Gasteiger partial charge in [0.05, 0.1) is 26.4 Å². The van der Waals surface area contributed by atoms with Gasteiger partial charge in [0.2, 0.25) is 0 Å². The van der Waals surface area contributed by atoms with Gasteiger partial charge in [-0.3, -0.25) is 32.5 Å². The van der Waals surface area contributed by atoms with Crippen molar-refractivity contribution < 1.29 is 75.8 Å². The molecule has 111 heavy (non-hydrogen) atoms. The van der Waals surface area contributed by atoms with E-state index in [1.807, 2.05) is 0 Å². The molecule has 0 bridgehead atoms. The smallest absolute Gasteiger partial charge is 0.463 e. The Balaban J connectivity index is 4.54. The number of ether oxygens (including phenoxy) is 3. The number of hydrogen-bond donors (Lipinski definition) is 4. The number of allylic oxidation sites excluding steroid dienone is 24. The number of phosphoric ester groups is 2. The maximum atomic E-state index is 13.0. The fourth-order valence-corrected chi connectivity index (χ4v) is 13.4. The van der Waals surface area contributed by atoms with Crippen molar-refractivity contribution in [3.8, 4) is 0 Å². The topological polar surface area (TPSA) is 231 Å². The molecule has 0 saturated heterocycles. The minimum absolute atomic E-state index is 0.0841. The molecule has 0 saturated carbocycles. The summed E-state index contributed by atoms with van der Waals surface area (Å²) in [6.07, 6.45) is 106.